The Morgan fingerprint density at radius 2 is 2.33 bits per heavy atom. The van der Waals surface area contributed by atoms with Crippen LogP contribution in [-0.2, 0) is 16.1 Å². The van der Waals surface area contributed by atoms with Crippen molar-refractivity contribution in [3.05, 3.63) is 12.4 Å². The number of nitrogens with zero attached hydrogens (tertiary/aromatic N) is 4. The van der Waals surface area contributed by atoms with E-state index in [2.05, 4.69) is 20.9 Å². The Bertz CT molecular complexity index is 517. The maximum atomic E-state index is 12.0. The van der Waals surface area contributed by atoms with Gasteiger partial charge >= 0.3 is 12.0 Å². The fourth-order valence-electron chi connectivity index (χ4n) is 1.97. The fourth-order valence-corrected chi connectivity index (χ4v) is 1.97. The van der Waals surface area contributed by atoms with Gasteiger partial charge in [0.1, 0.15) is 12.6 Å². The molecule has 1 fully saturated rings. The lowest BCUT2D eigenvalue weighted by atomic mass is 10.2. The summed E-state index contributed by atoms with van der Waals surface area (Å²) in [5.74, 6) is -1.52. The van der Waals surface area contributed by atoms with E-state index in [1.165, 1.54) is 0 Å². The van der Waals surface area contributed by atoms with Crippen LogP contribution in [0.15, 0.2) is 12.4 Å². The standard InChI is InChI=1S/C11H16N6O4/c18-9-7-17(8(6-13-9)10(19)20)11(21)12-2-1-4-16-5-3-14-15-16/h3,5,8H,1-2,4,6-7H2,(H,12,21)(H,13,18)(H,19,20). The van der Waals surface area contributed by atoms with Crippen molar-refractivity contribution in [1.29, 1.82) is 0 Å². The van der Waals surface area contributed by atoms with E-state index < -0.39 is 18.0 Å². The predicted octanol–water partition coefficient (Wildman–Crippen LogP) is -1.74. The molecule has 0 aromatic carbocycles. The van der Waals surface area contributed by atoms with E-state index in [1.54, 1.807) is 17.1 Å². The molecule has 2 rings (SSSR count). The second kappa shape index (κ2) is 6.68. The van der Waals surface area contributed by atoms with Crippen molar-refractivity contribution in [1.82, 2.24) is 30.5 Å². The second-order valence-corrected chi connectivity index (χ2v) is 4.54. The minimum Gasteiger partial charge on any atom is -0.480 e. The summed E-state index contributed by atoms with van der Waals surface area (Å²) in [6.07, 6.45) is 3.88. The molecule has 1 aromatic heterocycles. The summed E-state index contributed by atoms with van der Waals surface area (Å²) in [5.41, 5.74) is 0. The highest BCUT2D eigenvalue weighted by atomic mass is 16.4. The Morgan fingerprint density at radius 3 is 3.00 bits per heavy atom. The van der Waals surface area contributed by atoms with E-state index in [9.17, 15) is 14.4 Å². The first-order chi connectivity index (χ1) is 10.1. The first-order valence-corrected chi connectivity index (χ1v) is 6.46. The van der Waals surface area contributed by atoms with E-state index in [0.29, 0.717) is 19.5 Å². The molecule has 0 radical (unpaired) electrons. The predicted molar refractivity (Wildman–Crippen MR) is 69.2 cm³/mol. The number of aliphatic carboxylic acids is 1. The molecule has 10 nitrogen and oxygen atoms in total. The molecule has 1 atom stereocenters. The maximum Gasteiger partial charge on any atom is 0.328 e. The van der Waals surface area contributed by atoms with E-state index >= 15 is 0 Å². The third-order valence-electron chi connectivity index (χ3n) is 3.04. The topological polar surface area (TPSA) is 129 Å². The molecule has 0 aliphatic carbocycles. The number of aromatic nitrogens is 3. The van der Waals surface area contributed by atoms with Crippen LogP contribution in [0.2, 0.25) is 0 Å². The average Bonchev–Trinajstić information content (AvgIpc) is 2.96. The maximum absolute atomic E-state index is 12.0. The van der Waals surface area contributed by atoms with Gasteiger partial charge in [0, 0.05) is 25.8 Å². The van der Waals surface area contributed by atoms with Crippen molar-refractivity contribution in [2.75, 3.05) is 19.6 Å². The van der Waals surface area contributed by atoms with Crippen LogP contribution < -0.4 is 10.6 Å². The first kappa shape index (κ1) is 14.8. The van der Waals surface area contributed by atoms with Crippen LogP contribution in [0.1, 0.15) is 6.42 Å². The van der Waals surface area contributed by atoms with Gasteiger partial charge in [-0.15, -0.1) is 5.10 Å². The molecule has 2 heterocycles. The van der Waals surface area contributed by atoms with Gasteiger partial charge in [0.2, 0.25) is 5.91 Å². The number of rotatable bonds is 5. The summed E-state index contributed by atoms with van der Waals surface area (Å²) in [7, 11) is 0. The lowest BCUT2D eigenvalue weighted by Gasteiger charge is -2.32. The van der Waals surface area contributed by atoms with Crippen molar-refractivity contribution in [2.45, 2.75) is 19.0 Å². The van der Waals surface area contributed by atoms with Crippen molar-refractivity contribution < 1.29 is 19.5 Å². The van der Waals surface area contributed by atoms with Gasteiger partial charge in [-0.2, -0.15) is 0 Å². The zero-order valence-corrected chi connectivity index (χ0v) is 11.2. The van der Waals surface area contributed by atoms with Crippen LogP contribution in [-0.4, -0.2) is 68.6 Å². The van der Waals surface area contributed by atoms with E-state index in [0.717, 1.165) is 4.90 Å². The Morgan fingerprint density at radius 1 is 1.52 bits per heavy atom. The van der Waals surface area contributed by atoms with Gasteiger partial charge in [-0.05, 0) is 6.42 Å². The largest absolute Gasteiger partial charge is 0.480 e. The summed E-state index contributed by atoms with van der Waals surface area (Å²) in [4.78, 5) is 35.3. The Kier molecular flexibility index (Phi) is 4.69. The second-order valence-electron chi connectivity index (χ2n) is 4.54. The number of carboxylic acid groups (broad SMARTS) is 1. The summed E-state index contributed by atoms with van der Waals surface area (Å²) in [6.45, 7) is 0.596. The van der Waals surface area contributed by atoms with Crippen molar-refractivity contribution in [3.63, 3.8) is 0 Å². The molecule has 0 bridgehead atoms. The smallest absolute Gasteiger partial charge is 0.328 e. The first-order valence-electron chi connectivity index (χ1n) is 6.46. The molecule has 3 N–H and O–H groups in total. The summed E-state index contributed by atoms with van der Waals surface area (Å²) in [5, 5.41) is 21.5. The molecule has 1 aromatic rings. The van der Waals surface area contributed by atoms with Crippen molar-refractivity contribution >= 4 is 17.9 Å². The van der Waals surface area contributed by atoms with Crippen molar-refractivity contribution in [2.24, 2.45) is 0 Å². The minimum absolute atomic E-state index is 0.0828. The van der Waals surface area contributed by atoms with Crippen LogP contribution in [0.5, 0.6) is 0 Å². The highest BCUT2D eigenvalue weighted by Gasteiger charge is 2.34. The molecule has 1 aliphatic rings. The number of piperazine rings is 1. The van der Waals surface area contributed by atoms with Gasteiger partial charge in [0.25, 0.3) is 0 Å². The molecule has 21 heavy (non-hydrogen) atoms. The molecule has 3 amide bonds. The normalized spacial score (nSPS) is 18.2. The molecular weight excluding hydrogens is 280 g/mol. The lowest BCUT2D eigenvalue weighted by Crippen LogP contribution is -2.61. The number of carboxylic acids is 1. The van der Waals surface area contributed by atoms with Gasteiger partial charge in [-0.25, -0.2) is 9.59 Å². The number of amides is 3. The van der Waals surface area contributed by atoms with Gasteiger partial charge in [0.05, 0.1) is 6.20 Å². The average molecular weight is 296 g/mol. The molecule has 114 valence electrons. The zero-order chi connectivity index (χ0) is 15.2. The zero-order valence-electron chi connectivity index (χ0n) is 11.2. The van der Waals surface area contributed by atoms with Gasteiger partial charge in [-0.3, -0.25) is 14.4 Å². The van der Waals surface area contributed by atoms with Gasteiger partial charge in [0.15, 0.2) is 0 Å². The number of aryl methyl sites for hydroxylation is 1. The monoisotopic (exact) mass is 296 g/mol. The number of hydrogen-bond acceptors (Lipinski definition) is 5. The number of carbonyl (C=O) groups excluding carboxylic acids is 2. The van der Waals surface area contributed by atoms with E-state index in [-0.39, 0.29) is 19.0 Å². The Hall–Kier alpha value is -2.65. The third-order valence-corrected chi connectivity index (χ3v) is 3.04. The number of urea groups is 1. The van der Waals surface area contributed by atoms with E-state index in [4.69, 9.17) is 5.11 Å². The summed E-state index contributed by atoms with van der Waals surface area (Å²) < 4.78 is 1.63. The summed E-state index contributed by atoms with van der Waals surface area (Å²) >= 11 is 0. The highest BCUT2D eigenvalue weighted by molar-refractivity contribution is 5.90. The number of nitrogens with one attached hydrogen (secondary N) is 2. The number of carbonyl (C=O) groups is 3. The molecule has 10 heteroatoms. The lowest BCUT2D eigenvalue weighted by molar-refractivity contribution is -0.144. The van der Waals surface area contributed by atoms with E-state index in [1.807, 2.05) is 0 Å². The molecule has 1 saturated heterocycles. The minimum atomic E-state index is -1.15. The molecule has 1 aliphatic heterocycles. The Labute approximate surface area is 120 Å². The third kappa shape index (κ3) is 3.91. The molecular formula is C11H16N6O4. The SMILES string of the molecule is O=C1CN(C(=O)NCCCn2ccnn2)C(C(=O)O)CN1. The van der Waals surface area contributed by atoms with Crippen LogP contribution >= 0.6 is 0 Å². The van der Waals surface area contributed by atoms with Crippen LogP contribution in [0.3, 0.4) is 0 Å². The van der Waals surface area contributed by atoms with Gasteiger partial charge < -0.3 is 15.7 Å². The van der Waals surface area contributed by atoms with Gasteiger partial charge in [-0.1, -0.05) is 5.21 Å². The number of hydrogen-bond donors (Lipinski definition) is 3. The molecule has 1 unspecified atom stereocenters. The van der Waals surface area contributed by atoms with Crippen LogP contribution in [0.4, 0.5) is 4.79 Å². The van der Waals surface area contributed by atoms with Crippen molar-refractivity contribution in [3.8, 4) is 0 Å². The fraction of sp³-hybridized carbons (Fsp3) is 0.545. The quantitative estimate of drug-likeness (QED) is 0.553. The Balaban J connectivity index is 1.80. The molecule has 0 spiro atoms. The van der Waals surface area contributed by atoms with Crippen LogP contribution in [0.25, 0.3) is 0 Å². The summed E-state index contributed by atoms with van der Waals surface area (Å²) in [6, 6.07) is -1.60. The highest BCUT2D eigenvalue weighted by Crippen LogP contribution is 2.04. The van der Waals surface area contributed by atoms with Crippen LogP contribution in [0, 0.1) is 0 Å². The molecule has 0 saturated carbocycles.